The summed E-state index contributed by atoms with van der Waals surface area (Å²) >= 11 is 0. The van der Waals surface area contributed by atoms with E-state index < -0.39 is 22.2 Å². The van der Waals surface area contributed by atoms with Crippen molar-refractivity contribution in [1.29, 1.82) is 0 Å². The first-order valence-electron chi connectivity index (χ1n) is 17.4. The first-order valence-corrected chi connectivity index (χ1v) is 17.4. The molecule has 4 aromatic carbocycles. The summed E-state index contributed by atoms with van der Waals surface area (Å²) in [6.07, 6.45) is 3.94. The summed E-state index contributed by atoms with van der Waals surface area (Å²) < 4.78 is 0. The molecule has 0 saturated carbocycles. The van der Waals surface area contributed by atoms with Gasteiger partial charge in [0.2, 0.25) is 0 Å². The van der Waals surface area contributed by atoms with Crippen LogP contribution in [0.2, 0.25) is 0 Å². The summed E-state index contributed by atoms with van der Waals surface area (Å²) in [5, 5.41) is 27.5. The average molecular weight is 679 g/mol. The minimum absolute atomic E-state index is 0.561. The molecule has 2 aliphatic rings. The Morgan fingerprint density at radius 1 is 0.365 bits per heavy atom. The molecule has 0 fully saturated rings. The predicted molar refractivity (Wildman–Crippen MR) is 209 cm³/mol. The summed E-state index contributed by atoms with van der Waals surface area (Å²) in [7, 11) is 0. The molecule has 0 aromatic heterocycles. The molecule has 0 N–H and O–H groups in total. The summed E-state index contributed by atoms with van der Waals surface area (Å²) in [6, 6.07) is 32.5. The zero-order valence-corrected chi connectivity index (χ0v) is 31.1. The number of hydroxylamine groups is 4. The van der Waals surface area contributed by atoms with Crippen LogP contribution in [0.15, 0.2) is 120 Å². The van der Waals surface area contributed by atoms with Crippen molar-refractivity contribution >= 4 is 0 Å². The molecule has 2 aliphatic heterocycles. The second kappa shape index (κ2) is 13.9. The van der Waals surface area contributed by atoms with E-state index in [1.807, 2.05) is 116 Å². The standard InChI is InChI=1S/C48H42N2O2/c1-45(2)33-43(47(5,6)49(45)51)31-21-37-17-27-41(28-18-37)39-23-13-35(14-24-39)11-9-10-12-36-15-25-40(26-16-36)42-29-19-38(20-30-42)22-32-44-34-46(3,4)50(52)48(44,7)8/h13-20,23-30,33-34H,1-8H3. The van der Waals surface area contributed by atoms with Gasteiger partial charge in [0, 0.05) is 33.4 Å². The Bertz CT molecular complexity index is 2140. The summed E-state index contributed by atoms with van der Waals surface area (Å²) in [6.45, 7) is 15.3. The summed E-state index contributed by atoms with van der Waals surface area (Å²) in [5.41, 5.74) is 7.26. The van der Waals surface area contributed by atoms with Crippen molar-refractivity contribution in [2.45, 2.75) is 77.5 Å². The van der Waals surface area contributed by atoms with Crippen molar-refractivity contribution in [3.8, 4) is 69.6 Å². The SMILES string of the molecule is CC1(C)C=C(C#Cc2ccc(-c3ccc(C#CC#Cc4ccc(-c5ccc(C#CC6=CC(C)(C)N([O])C6(C)C)cc5)cc4)cc3)cc2)C(C)(C)N1[O]. The van der Waals surface area contributed by atoms with Crippen molar-refractivity contribution in [2.75, 3.05) is 0 Å². The highest BCUT2D eigenvalue weighted by Crippen LogP contribution is 2.39. The molecule has 256 valence electrons. The molecular formula is C48H42N2O2. The Morgan fingerprint density at radius 3 is 0.846 bits per heavy atom. The lowest BCUT2D eigenvalue weighted by molar-refractivity contribution is -0.237. The second-order valence-electron chi connectivity index (χ2n) is 15.4. The van der Waals surface area contributed by atoms with Crippen molar-refractivity contribution in [3.63, 3.8) is 0 Å². The first-order chi connectivity index (χ1) is 24.6. The molecule has 6 rings (SSSR count). The Balaban J connectivity index is 1.04. The minimum atomic E-state index is -0.640. The van der Waals surface area contributed by atoms with Gasteiger partial charge in [0.25, 0.3) is 0 Å². The van der Waals surface area contributed by atoms with Gasteiger partial charge in [0.1, 0.15) is 0 Å². The molecule has 0 bridgehead atoms. The van der Waals surface area contributed by atoms with Crippen LogP contribution in [-0.4, -0.2) is 32.3 Å². The van der Waals surface area contributed by atoms with Crippen LogP contribution in [0.3, 0.4) is 0 Å². The maximum Gasteiger partial charge on any atom is 0.0771 e. The van der Waals surface area contributed by atoms with E-state index in [1.165, 1.54) is 0 Å². The molecule has 4 heteroatoms. The van der Waals surface area contributed by atoms with Crippen LogP contribution < -0.4 is 0 Å². The van der Waals surface area contributed by atoms with E-state index in [-0.39, 0.29) is 0 Å². The highest BCUT2D eigenvalue weighted by atomic mass is 16.5. The van der Waals surface area contributed by atoms with Gasteiger partial charge < -0.3 is 0 Å². The summed E-state index contributed by atoms with van der Waals surface area (Å²) in [4.78, 5) is 0. The topological polar surface area (TPSA) is 46.3 Å². The lowest BCUT2D eigenvalue weighted by Crippen LogP contribution is -2.46. The average Bonchev–Trinajstić information content (AvgIpc) is 3.39. The van der Waals surface area contributed by atoms with E-state index in [0.717, 1.165) is 65.8 Å². The van der Waals surface area contributed by atoms with Gasteiger partial charge in [0.15, 0.2) is 0 Å². The molecule has 0 aliphatic carbocycles. The molecule has 2 heterocycles. The highest BCUT2D eigenvalue weighted by molar-refractivity contribution is 5.67. The van der Waals surface area contributed by atoms with Crippen molar-refractivity contribution in [2.24, 2.45) is 0 Å². The molecule has 4 nitrogen and oxygen atoms in total. The van der Waals surface area contributed by atoms with Crippen LogP contribution in [0.4, 0.5) is 0 Å². The Hall–Kier alpha value is -5.56. The van der Waals surface area contributed by atoms with E-state index >= 15 is 0 Å². The fraction of sp³-hybridized carbons (Fsp3) is 0.250. The number of nitrogens with zero attached hydrogens (tertiary/aromatic N) is 2. The second-order valence-corrected chi connectivity index (χ2v) is 15.4. The minimum Gasteiger partial charge on any atom is -0.135 e. The lowest BCUT2D eigenvalue weighted by Gasteiger charge is -2.32. The number of hydrogen-bond donors (Lipinski definition) is 0. The highest BCUT2D eigenvalue weighted by Gasteiger charge is 2.47. The molecule has 0 amide bonds. The third-order valence-corrected chi connectivity index (χ3v) is 9.74. The monoisotopic (exact) mass is 678 g/mol. The van der Waals surface area contributed by atoms with Gasteiger partial charge in [-0.15, -0.1) is 20.5 Å². The number of hydrogen-bond acceptors (Lipinski definition) is 2. The van der Waals surface area contributed by atoms with Gasteiger partial charge in [-0.25, -0.2) is 0 Å². The maximum atomic E-state index is 12.6. The number of benzene rings is 4. The molecular weight excluding hydrogens is 637 g/mol. The van der Waals surface area contributed by atoms with Crippen LogP contribution in [0.1, 0.15) is 77.6 Å². The fourth-order valence-electron chi connectivity index (χ4n) is 6.68. The van der Waals surface area contributed by atoms with Crippen LogP contribution in [0.5, 0.6) is 0 Å². The third-order valence-electron chi connectivity index (χ3n) is 9.74. The van der Waals surface area contributed by atoms with Gasteiger partial charge in [0.05, 0.1) is 22.2 Å². The zero-order valence-electron chi connectivity index (χ0n) is 31.1. The molecule has 0 spiro atoms. The van der Waals surface area contributed by atoms with Gasteiger partial charge in [-0.05, 0) is 150 Å². The summed E-state index contributed by atoms with van der Waals surface area (Å²) in [5.74, 6) is 25.1. The quantitative estimate of drug-likeness (QED) is 0.198. The smallest absolute Gasteiger partial charge is 0.0771 e. The third kappa shape index (κ3) is 7.54. The lowest BCUT2D eigenvalue weighted by atomic mass is 9.96. The van der Waals surface area contributed by atoms with Crippen LogP contribution >= 0.6 is 0 Å². The van der Waals surface area contributed by atoms with Gasteiger partial charge in [-0.1, -0.05) is 84.1 Å². The maximum absolute atomic E-state index is 12.6. The van der Waals surface area contributed by atoms with Crippen molar-refractivity contribution in [1.82, 2.24) is 10.1 Å². The predicted octanol–water partition coefficient (Wildman–Crippen LogP) is 9.42. The van der Waals surface area contributed by atoms with Gasteiger partial charge in [-0.2, -0.15) is 0 Å². The molecule has 2 radical (unpaired) electrons. The van der Waals surface area contributed by atoms with Crippen LogP contribution in [0, 0.1) is 47.4 Å². The Kier molecular flexibility index (Phi) is 9.67. The molecule has 0 atom stereocenters. The molecule has 0 saturated heterocycles. The molecule has 0 unspecified atom stereocenters. The Labute approximate surface area is 309 Å². The largest absolute Gasteiger partial charge is 0.135 e. The van der Waals surface area contributed by atoms with E-state index in [0.29, 0.717) is 0 Å². The van der Waals surface area contributed by atoms with Crippen LogP contribution in [0.25, 0.3) is 22.3 Å². The zero-order chi connectivity index (χ0) is 37.3. The van der Waals surface area contributed by atoms with Crippen molar-refractivity contribution in [3.05, 3.63) is 143 Å². The van der Waals surface area contributed by atoms with Crippen LogP contribution in [-0.2, 0) is 10.4 Å². The van der Waals surface area contributed by atoms with Gasteiger partial charge >= 0.3 is 0 Å². The normalized spacial score (nSPS) is 17.9. The van der Waals surface area contributed by atoms with E-state index in [4.69, 9.17) is 0 Å². The number of rotatable bonds is 2. The van der Waals surface area contributed by atoms with E-state index in [2.05, 4.69) is 95.9 Å². The van der Waals surface area contributed by atoms with E-state index in [1.54, 1.807) is 0 Å². The van der Waals surface area contributed by atoms with E-state index in [9.17, 15) is 10.4 Å². The molecule has 4 aromatic rings. The van der Waals surface area contributed by atoms with Gasteiger partial charge in [-0.3, -0.25) is 0 Å². The first kappa shape index (κ1) is 36.2. The van der Waals surface area contributed by atoms with Crippen molar-refractivity contribution < 1.29 is 10.4 Å². The fourth-order valence-corrected chi connectivity index (χ4v) is 6.68. The molecule has 52 heavy (non-hydrogen) atoms. The Morgan fingerprint density at radius 2 is 0.615 bits per heavy atom.